The zero-order valence-corrected chi connectivity index (χ0v) is 14.9. The Morgan fingerprint density at radius 2 is 2.00 bits per heavy atom. The molecule has 0 aromatic heterocycles. The molecule has 2 amide bonds. The number of hydrogen-bond donors (Lipinski definition) is 6. The molecule has 0 aliphatic carbocycles. The van der Waals surface area contributed by atoms with Gasteiger partial charge in [-0.05, 0) is 44.5 Å². The number of aliphatic hydroxyl groups is 1. The number of urea groups is 1. The van der Waals surface area contributed by atoms with E-state index in [9.17, 15) is 23.1 Å². The first-order valence-corrected chi connectivity index (χ1v) is 8.47. The summed E-state index contributed by atoms with van der Waals surface area (Å²) in [6.07, 6.45) is -5.11. The van der Waals surface area contributed by atoms with Gasteiger partial charge >= 0.3 is 12.4 Å². The number of anilines is 1. The number of carbonyl (C=O) groups is 1. The number of rotatable bonds is 6. The molecule has 6 N–H and O–H groups in total. The first-order valence-electron chi connectivity index (χ1n) is 8.47. The molecule has 4 unspecified atom stereocenters. The first kappa shape index (κ1) is 21.2. The van der Waals surface area contributed by atoms with Crippen LogP contribution in [0.2, 0.25) is 0 Å². The van der Waals surface area contributed by atoms with Crippen LogP contribution in [0, 0.1) is 0 Å². The number of halogens is 3. The SMILES string of the molecule is CC(O)CNC1CC(C)NC(NC(=O)Nc2ccc(OC(F)(F)F)cc2)N1. The van der Waals surface area contributed by atoms with E-state index in [0.29, 0.717) is 12.2 Å². The topological polar surface area (TPSA) is 107 Å². The highest BCUT2D eigenvalue weighted by atomic mass is 19.4. The van der Waals surface area contributed by atoms with Crippen molar-refractivity contribution >= 4 is 11.7 Å². The van der Waals surface area contributed by atoms with Crippen LogP contribution in [0.5, 0.6) is 5.75 Å². The van der Waals surface area contributed by atoms with Crippen LogP contribution in [-0.4, -0.2) is 48.6 Å². The Kier molecular flexibility index (Phi) is 7.25. The zero-order valence-electron chi connectivity index (χ0n) is 14.9. The van der Waals surface area contributed by atoms with Gasteiger partial charge in [0.2, 0.25) is 0 Å². The molecule has 2 rings (SSSR count). The highest BCUT2D eigenvalue weighted by molar-refractivity contribution is 5.89. The van der Waals surface area contributed by atoms with Gasteiger partial charge in [0.15, 0.2) is 0 Å². The number of carbonyl (C=O) groups excluding carboxylic acids is 1. The molecule has 11 heteroatoms. The lowest BCUT2D eigenvalue weighted by Crippen LogP contribution is -2.68. The van der Waals surface area contributed by atoms with Crippen LogP contribution in [0.1, 0.15) is 20.3 Å². The molecule has 8 nitrogen and oxygen atoms in total. The third-order valence-electron chi connectivity index (χ3n) is 3.69. The summed E-state index contributed by atoms with van der Waals surface area (Å²) >= 11 is 0. The number of hydrogen-bond acceptors (Lipinski definition) is 6. The standard InChI is InChI=1S/C16H24F3N5O3/c1-9-7-13(20-8-10(2)25)23-14(21-9)24-15(26)22-11-3-5-12(6-4-11)27-16(17,18)19/h3-6,9-10,13-14,20-21,23,25H,7-8H2,1-2H3,(H2,22,24,26). The quantitative estimate of drug-likeness (QED) is 0.436. The Labute approximate surface area is 154 Å². The van der Waals surface area contributed by atoms with E-state index in [1.807, 2.05) is 6.92 Å². The minimum atomic E-state index is -4.76. The van der Waals surface area contributed by atoms with Crippen molar-refractivity contribution in [2.75, 3.05) is 11.9 Å². The largest absolute Gasteiger partial charge is 0.573 e. The summed E-state index contributed by atoms with van der Waals surface area (Å²) in [4.78, 5) is 12.1. The van der Waals surface area contributed by atoms with Crippen molar-refractivity contribution in [3.05, 3.63) is 24.3 Å². The second-order valence-electron chi connectivity index (χ2n) is 6.38. The summed E-state index contributed by atoms with van der Waals surface area (Å²) in [6.45, 7) is 4.05. The third kappa shape index (κ3) is 7.99. The van der Waals surface area contributed by atoms with E-state index >= 15 is 0 Å². The van der Waals surface area contributed by atoms with Crippen LogP contribution in [0.15, 0.2) is 24.3 Å². The van der Waals surface area contributed by atoms with Crippen LogP contribution >= 0.6 is 0 Å². The Bertz CT molecular complexity index is 612. The number of benzene rings is 1. The third-order valence-corrected chi connectivity index (χ3v) is 3.69. The summed E-state index contributed by atoms with van der Waals surface area (Å²) in [6, 6.07) is 4.40. The fraction of sp³-hybridized carbons (Fsp3) is 0.562. The van der Waals surface area contributed by atoms with Gasteiger partial charge in [-0.1, -0.05) is 0 Å². The summed E-state index contributed by atoms with van der Waals surface area (Å²) < 4.78 is 40.2. The maximum atomic E-state index is 12.1. The molecule has 0 spiro atoms. The van der Waals surface area contributed by atoms with Crippen LogP contribution < -0.4 is 31.3 Å². The summed E-state index contributed by atoms with van der Waals surface area (Å²) in [5, 5.41) is 24.0. The zero-order chi connectivity index (χ0) is 20.0. The summed E-state index contributed by atoms with van der Waals surface area (Å²) in [5.74, 6) is -0.370. The molecule has 0 saturated carbocycles. The number of alkyl halides is 3. The smallest absolute Gasteiger partial charge is 0.406 e. The predicted molar refractivity (Wildman–Crippen MR) is 92.9 cm³/mol. The van der Waals surface area contributed by atoms with Crippen molar-refractivity contribution in [1.82, 2.24) is 21.3 Å². The normalized spacial score (nSPS) is 24.1. The van der Waals surface area contributed by atoms with Crippen molar-refractivity contribution in [3.63, 3.8) is 0 Å². The molecule has 1 heterocycles. The molecule has 1 aliphatic heterocycles. The highest BCUT2D eigenvalue weighted by Crippen LogP contribution is 2.23. The predicted octanol–water partition coefficient (Wildman–Crippen LogP) is 1.26. The minimum Gasteiger partial charge on any atom is -0.406 e. The first-order chi connectivity index (χ1) is 12.6. The molecule has 152 valence electrons. The second-order valence-corrected chi connectivity index (χ2v) is 6.38. The monoisotopic (exact) mass is 391 g/mol. The maximum absolute atomic E-state index is 12.1. The molecule has 4 atom stereocenters. The number of ether oxygens (including phenoxy) is 1. The number of nitrogens with one attached hydrogen (secondary N) is 5. The van der Waals surface area contributed by atoms with Gasteiger partial charge in [0.05, 0.1) is 12.3 Å². The maximum Gasteiger partial charge on any atom is 0.573 e. The van der Waals surface area contributed by atoms with Crippen molar-refractivity contribution in [2.24, 2.45) is 0 Å². The van der Waals surface area contributed by atoms with E-state index < -0.39 is 24.8 Å². The Morgan fingerprint density at radius 1 is 1.33 bits per heavy atom. The fourth-order valence-electron chi connectivity index (χ4n) is 2.60. The molecule has 1 saturated heterocycles. The Morgan fingerprint density at radius 3 is 2.59 bits per heavy atom. The molecule has 1 aromatic carbocycles. The Hall–Kier alpha value is -2.08. The summed E-state index contributed by atoms with van der Waals surface area (Å²) in [5.41, 5.74) is 0.315. The second kappa shape index (κ2) is 9.22. The Balaban J connectivity index is 1.83. The molecule has 0 bridgehead atoms. The molecular weight excluding hydrogens is 367 g/mol. The van der Waals surface area contributed by atoms with Gasteiger partial charge in [-0.3, -0.25) is 16.0 Å². The van der Waals surface area contributed by atoms with Crippen molar-refractivity contribution in [1.29, 1.82) is 0 Å². The van der Waals surface area contributed by atoms with Gasteiger partial charge < -0.3 is 20.5 Å². The molecule has 1 aromatic rings. The molecular formula is C16H24F3N5O3. The fourth-order valence-corrected chi connectivity index (χ4v) is 2.60. The van der Waals surface area contributed by atoms with Gasteiger partial charge in [0.25, 0.3) is 0 Å². The van der Waals surface area contributed by atoms with E-state index in [1.54, 1.807) is 6.92 Å². The highest BCUT2D eigenvalue weighted by Gasteiger charge is 2.31. The van der Waals surface area contributed by atoms with Crippen LogP contribution in [0.3, 0.4) is 0 Å². The lowest BCUT2D eigenvalue weighted by molar-refractivity contribution is -0.274. The number of aliphatic hydroxyl groups excluding tert-OH is 1. The van der Waals surface area contributed by atoms with Crippen molar-refractivity contribution in [3.8, 4) is 5.75 Å². The van der Waals surface area contributed by atoms with Gasteiger partial charge in [-0.25, -0.2) is 4.79 Å². The lowest BCUT2D eigenvalue weighted by atomic mass is 10.1. The van der Waals surface area contributed by atoms with Gasteiger partial charge in [-0.2, -0.15) is 0 Å². The van der Waals surface area contributed by atoms with Gasteiger partial charge in [0.1, 0.15) is 12.0 Å². The van der Waals surface area contributed by atoms with E-state index in [4.69, 9.17) is 0 Å². The van der Waals surface area contributed by atoms with Crippen LogP contribution in [-0.2, 0) is 0 Å². The van der Waals surface area contributed by atoms with Crippen molar-refractivity contribution in [2.45, 2.75) is 51.2 Å². The van der Waals surface area contributed by atoms with Gasteiger partial charge in [0, 0.05) is 18.3 Å². The lowest BCUT2D eigenvalue weighted by Gasteiger charge is -2.37. The van der Waals surface area contributed by atoms with E-state index in [-0.39, 0.29) is 18.0 Å². The van der Waals surface area contributed by atoms with E-state index in [0.717, 1.165) is 18.6 Å². The van der Waals surface area contributed by atoms with Crippen LogP contribution in [0.25, 0.3) is 0 Å². The molecule has 1 fully saturated rings. The number of amides is 2. The van der Waals surface area contributed by atoms with E-state index in [2.05, 4.69) is 31.3 Å². The molecule has 1 aliphatic rings. The average Bonchev–Trinajstić information content (AvgIpc) is 2.53. The van der Waals surface area contributed by atoms with Gasteiger partial charge in [-0.15, -0.1) is 13.2 Å². The average molecular weight is 391 g/mol. The minimum absolute atomic E-state index is 0.0973. The molecule has 27 heavy (non-hydrogen) atoms. The van der Waals surface area contributed by atoms with Crippen molar-refractivity contribution < 1.29 is 27.8 Å². The summed E-state index contributed by atoms with van der Waals surface area (Å²) in [7, 11) is 0. The van der Waals surface area contributed by atoms with E-state index in [1.165, 1.54) is 12.1 Å². The molecule has 0 radical (unpaired) electrons. The van der Waals surface area contributed by atoms with Crippen LogP contribution in [0.4, 0.5) is 23.7 Å².